The number of benzene rings is 1. The Morgan fingerprint density at radius 1 is 1.22 bits per heavy atom. The number of ether oxygens (including phenoxy) is 3. The van der Waals surface area contributed by atoms with Crippen LogP contribution in [-0.4, -0.2) is 42.5 Å². The van der Waals surface area contributed by atoms with Crippen LogP contribution in [0.2, 0.25) is 0 Å². The minimum atomic E-state index is -1.10. The van der Waals surface area contributed by atoms with Gasteiger partial charge in [0.2, 0.25) is 5.78 Å². The van der Waals surface area contributed by atoms with E-state index in [1.807, 2.05) is 0 Å². The normalized spacial score (nSPS) is 11.6. The zero-order valence-corrected chi connectivity index (χ0v) is 15.4. The zero-order valence-electron chi connectivity index (χ0n) is 15.4. The average Bonchev–Trinajstić information content (AvgIpc) is 2.93. The fourth-order valence-corrected chi connectivity index (χ4v) is 2.59. The van der Waals surface area contributed by atoms with E-state index in [0.29, 0.717) is 11.3 Å². The van der Waals surface area contributed by atoms with Crippen molar-refractivity contribution in [2.75, 3.05) is 13.7 Å². The van der Waals surface area contributed by atoms with Crippen molar-refractivity contribution in [3.63, 3.8) is 0 Å². The van der Waals surface area contributed by atoms with Crippen LogP contribution in [0, 0.1) is 19.7 Å². The molecule has 27 heavy (non-hydrogen) atoms. The number of methoxy groups -OCH3 is 1. The summed E-state index contributed by atoms with van der Waals surface area (Å²) in [5, 5.41) is 0. The van der Waals surface area contributed by atoms with Crippen molar-refractivity contribution in [1.82, 2.24) is 4.98 Å². The van der Waals surface area contributed by atoms with Crippen molar-refractivity contribution >= 4 is 17.7 Å². The highest BCUT2D eigenvalue weighted by atomic mass is 19.1. The molecule has 0 saturated carbocycles. The number of hydrogen-bond acceptors (Lipinski definition) is 6. The highest BCUT2D eigenvalue weighted by Crippen LogP contribution is 2.21. The van der Waals surface area contributed by atoms with Crippen LogP contribution < -0.4 is 4.74 Å². The minimum absolute atomic E-state index is 0.166. The number of rotatable bonds is 7. The summed E-state index contributed by atoms with van der Waals surface area (Å²) in [5.41, 5.74) is 1.34. The first-order valence-electron chi connectivity index (χ1n) is 8.14. The molecule has 144 valence electrons. The van der Waals surface area contributed by atoms with E-state index in [1.54, 1.807) is 13.8 Å². The fraction of sp³-hybridized carbons (Fsp3) is 0.316. The Bertz CT molecular complexity index is 873. The topological polar surface area (TPSA) is 94.7 Å². The number of aromatic amines is 1. The van der Waals surface area contributed by atoms with Gasteiger partial charge in [0.1, 0.15) is 11.6 Å². The van der Waals surface area contributed by atoms with E-state index in [2.05, 4.69) is 4.98 Å². The van der Waals surface area contributed by atoms with Crippen molar-refractivity contribution in [2.45, 2.75) is 26.9 Å². The smallest absolute Gasteiger partial charge is 0.344 e. The number of ketones is 1. The third kappa shape index (κ3) is 4.72. The van der Waals surface area contributed by atoms with Gasteiger partial charge in [-0.3, -0.25) is 4.79 Å². The second kappa shape index (κ2) is 8.48. The molecule has 0 aliphatic carbocycles. The Morgan fingerprint density at radius 2 is 1.93 bits per heavy atom. The van der Waals surface area contributed by atoms with Gasteiger partial charge in [0.05, 0.1) is 18.4 Å². The van der Waals surface area contributed by atoms with Crippen molar-refractivity contribution in [3.05, 3.63) is 52.6 Å². The number of carbonyl (C=O) groups excluding carboxylic acids is 3. The molecule has 2 aromatic rings. The van der Waals surface area contributed by atoms with Gasteiger partial charge in [-0.05, 0) is 38.5 Å². The van der Waals surface area contributed by atoms with Gasteiger partial charge < -0.3 is 19.2 Å². The van der Waals surface area contributed by atoms with Gasteiger partial charge in [-0.2, -0.15) is 0 Å². The van der Waals surface area contributed by atoms with Crippen LogP contribution >= 0.6 is 0 Å². The molecular weight excluding hydrogens is 357 g/mol. The number of H-pyrrole nitrogens is 1. The molecule has 1 aromatic heterocycles. The summed E-state index contributed by atoms with van der Waals surface area (Å²) < 4.78 is 28.0. The van der Waals surface area contributed by atoms with Gasteiger partial charge in [0.15, 0.2) is 12.7 Å². The highest BCUT2D eigenvalue weighted by Gasteiger charge is 2.27. The van der Waals surface area contributed by atoms with Crippen LogP contribution in [0.1, 0.15) is 39.0 Å². The van der Waals surface area contributed by atoms with E-state index in [4.69, 9.17) is 14.2 Å². The number of nitrogens with one attached hydrogen (secondary N) is 1. The molecule has 1 atom stereocenters. The van der Waals surface area contributed by atoms with Crippen LogP contribution in [0.4, 0.5) is 4.39 Å². The summed E-state index contributed by atoms with van der Waals surface area (Å²) in [7, 11) is 1.25. The molecule has 0 amide bonds. The second-order valence-electron chi connectivity index (χ2n) is 5.86. The van der Waals surface area contributed by atoms with E-state index >= 15 is 0 Å². The van der Waals surface area contributed by atoms with E-state index in [9.17, 15) is 18.8 Å². The lowest BCUT2D eigenvalue weighted by Gasteiger charge is -2.13. The minimum Gasteiger partial charge on any atom is -0.482 e. The van der Waals surface area contributed by atoms with Crippen LogP contribution in [0.15, 0.2) is 24.3 Å². The predicted molar refractivity (Wildman–Crippen MR) is 93.4 cm³/mol. The van der Waals surface area contributed by atoms with Crippen molar-refractivity contribution in [1.29, 1.82) is 0 Å². The quantitative estimate of drug-likeness (QED) is 0.589. The summed E-state index contributed by atoms with van der Waals surface area (Å²) in [5.74, 6) is -2.17. The molecule has 1 N–H and O–H groups in total. The summed E-state index contributed by atoms with van der Waals surface area (Å²) in [6.07, 6.45) is -1.10. The average molecular weight is 377 g/mol. The number of Topliss-reactive ketones (excluding diaryl/α,β-unsaturated/α-hetero) is 1. The lowest BCUT2D eigenvalue weighted by atomic mass is 10.1. The molecule has 0 spiro atoms. The number of esters is 2. The molecule has 1 aromatic carbocycles. The van der Waals surface area contributed by atoms with Gasteiger partial charge in [-0.1, -0.05) is 6.07 Å². The van der Waals surface area contributed by atoms with Gasteiger partial charge in [-0.15, -0.1) is 0 Å². The first kappa shape index (κ1) is 20.2. The second-order valence-corrected chi connectivity index (χ2v) is 5.86. The first-order chi connectivity index (χ1) is 12.7. The summed E-state index contributed by atoms with van der Waals surface area (Å²) >= 11 is 0. The molecule has 0 aliphatic heterocycles. The maximum Gasteiger partial charge on any atom is 0.344 e. The fourth-order valence-electron chi connectivity index (χ4n) is 2.59. The van der Waals surface area contributed by atoms with Crippen LogP contribution in [0.5, 0.6) is 5.75 Å². The van der Waals surface area contributed by atoms with Gasteiger partial charge >= 0.3 is 11.9 Å². The molecule has 0 bridgehead atoms. The molecular formula is C19H20FNO6. The molecule has 2 rings (SSSR count). The van der Waals surface area contributed by atoms with Crippen LogP contribution in [0.25, 0.3) is 0 Å². The highest BCUT2D eigenvalue weighted by molar-refractivity contribution is 6.03. The van der Waals surface area contributed by atoms with Crippen LogP contribution in [0.3, 0.4) is 0 Å². The largest absolute Gasteiger partial charge is 0.482 e. The number of hydrogen-bond donors (Lipinski definition) is 1. The Kier molecular flexibility index (Phi) is 6.33. The Morgan fingerprint density at radius 3 is 2.56 bits per heavy atom. The van der Waals surface area contributed by atoms with Gasteiger partial charge in [0.25, 0.3) is 0 Å². The first-order valence-corrected chi connectivity index (χ1v) is 8.14. The number of carbonyl (C=O) groups is 3. The van der Waals surface area contributed by atoms with Gasteiger partial charge in [-0.25, -0.2) is 14.0 Å². The Labute approximate surface area is 155 Å². The Balaban J connectivity index is 2.01. The maximum atomic E-state index is 13.1. The molecule has 0 unspecified atom stereocenters. The summed E-state index contributed by atoms with van der Waals surface area (Å²) in [6.45, 7) is 4.18. The lowest BCUT2D eigenvalue weighted by molar-refractivity contribution is -0.148. The van der Waals surface area contributed by atoms with Crippen molar-refractivity contribution in [3.8, 4) is 5.75 Å². The zero-order chi connectivity index (χ0) is 20.1. The summed E-state index contributed by atoms with van der Waals surface area (Å²) in [4.78, 5) is 39.1. The van der Waals surface area contributed by atoms with Crippen LogP contribution in [-0.2, 0) is 14.3 Å². The molecule has 1 heterocycles. The maximum absolute atomic E-state index is 13.1. The standard InChI is InChI=1S/C19H20FNO6/c1-10-16(19(24)25-4)11(2)21-17(10)18(23)12(3)27-15(22)9-26-14-7-5-6-13(20)8-14/h5-8,12,21H,9H2,1-4H3/t12-/m1/s1. The SMILES string of the molecule is COC(=O)c1c(C)[nH]c(C(=O)[C@@H](C)OC(=O)COc2cccc(F)c2)c1C. The molecule has 0 radical (unpaired) electrons. The molecule has 8 heteroatoms. The van der Waals surface area contributed by atoms with E-state index in [1.165, 1.54) is 32.2 Å². The molecule has 0 aliphatic rings. The lowest BCUT2D eigenvalue weighted by Crippen LogP contribution is -2.28. The molecule has 0 saturated heterocycles. The van der Waals surface area contributed by atoms with Crippen molar-refractivity contribution in [2.24, 2.45) is 0 Å². The van der Waals surface area contributed by atoms with E-state index in [0.717, 1.165) is 6.07 Å². The van der Waals surface area contributed by atoms with E-state index < -0.39 is 36.2 Å². The number of halogens is 1. The number of aryl methyl sites for hydroxylation is 1. The monoisotopic (exact) mass is 377 g/mol. The summed E-state index contributed by atoms with van der Waals surface area (Å²) in [6, 6.07) is 5.30. The third-order valence-electron chi connectivity index (χ3n) is 3.90. The molecule has 7 nitrogen and oxygen atoms in total. The predicted octanol–water partition coefficient (Wildman–Crippen LogP) is 2.75. The van der Waals surface area contributed by atoms with E-state index in [-0.39, 0.29) is 17.0 Å². The number of aromatic nitrogens is 1. The Hall–Kier alpha value is -3.16. The molecule has 0 fully saturated rings. The van der Waals surface area contributed by atoms with Crippen molar-refractivity contribution < 1.29 is 33.0 Å². The van der Waals surface area contributed by atoms with Gasteiger partial charge in [0, 0.05) is 11.8 Å². The third-order valence-corrected chi connectivity index (χ3v) is 3.90.